The predicted octanol–water partition coefficient (Wildman–Crippen LogP) is 5.83. The minimum absolute atomic E-state index is 0.0890. The van der Waals surface area contributed by atoms with E-state index in [9.17, 15) is 0 Å². The molecule has 24 heavy (non-hydrogen) atoms. The van der Waals surface area contributed by atoms with Gasteiger partial charge in [-0.3, -0.25) is 4.84 Å². The van der Waals surface area contributed by atoms with Crippen LogP contribution in [0, 0.1) is 0 Å². The van der Waals surface area contributed by atoms with Gasteiger partial charge in [-0.15, -0.1) is 0 Å². The lowest BCUT2D eigenvalue weighted by molar-refractivity contribution is -0.288. The zero-order valence-electron chi connectivity index (χ0n) is 15.4. The lowest BCUT2D eigenvalue weighted by Gasteiger charge is -2.51. The van der Waals surface area contributed by atoms with Gasteiger partial charge in [-0.25, -0.2) is 0 Å². The first kappa shape index (κ1) is 17.2. The number of hydrogen-bond acceptors (Lipinski definition) is 2. The molecule has 0 aliphatic carbocycles. The second kappa shape index (κ2) is 6.70. The second-order valence-corrected chi connectivity index (χ2v) is 8.11. The summed E-state index contributed by atoms with van der Waals surface area (Å²) in [5.41, 5.74) is 3.89. The summed E-state index contributed by atoms with van der Waals surface area (Å²) >= 11 is 0. The maximum Gasteiger partial charge on any atom is 0.0936 e. The first-order valence-corrected chi connectivity index (χ1v) is 8.96. The number of piperidine rings is 1. The molecule has 128 valence electrons. The van der Waals surface area contributed by atoms with Crippen LogP contribution in [-0.2, 0) is 11.4 Å². The van der Waals surface area contributed by atoms with E-state index in [1.807, 2.05) is 6.07 Å². The Morgan fingerprint density at radius 3 is 1.92 bits per heavy atom. The number of hydrogen-bond donors (Lipinski definition) is 0. The van der Waals surface area contributed by atoms with Crippen LogP contribution in [0.25, 0.3) is 11.1 Å². The van der Waals surface area contributed by atoms with Crippen molar-refractivity contribution in [3.8, 4) is 11.1 Å². The van der Waals surface area contributed by atoms with Crippen molar-refractivity contribution in [1.29, 1.82) is 0 Å². The first-order valence-electron chi connectivity index (χ1n) is 8.96. The fourth-order valence-electron chi connectivity index (χ4n) is 3.89. The molecule has 1 saturated heterocycles. The predicted molar refractivity (Wildman–Crippen MR) is 101 cm³/mol. The quantitative estimate of drug-likeness (QED) is 0.702. The van der Waals surface area contributed by atoms with Gasteiger partial charge in [0, 0.05) is 11.1 Å². The summed E-state index contributed by atoms with van der Waals surface area (Å²) < 4.78 is 0. The summed E-state index contributed by atoms with van der Waals surface area (Å²) in [7, 11) is 0. The number of hydroxylamine groups is 2. The smallest absolute Gasteiger partial charge is 0.0936 e. The molecular formula is C22H29NO. The first-order chi connectivity index (χ1) is 11.4. The van der Waals surface area contributed by atoms with Crippen molar-refractivity contribution in [2.45, 2.75) is 64.6 Å². The monoisotopic (exact) mass is 323 g/mol. The van der Waals surface area contributed by atoms with Crippen LogP contribution in [0.15, 0.2) is 54.6 Å². The van der Waals surface area contributed by atoms with Gasteiger partial charge in [-0.05, 0) is 63.6 Å². The largest absolute Gasteiger partial charge is 0.293 e. The Hall–Kier alpha value is -1.64. The Kier molecular flexibility index (Phi) is 4.80. The summed E-state index contributed by atoms with van der Waals surface area (Å²) in [5.74, 6) is 0. The number of rotatable bonds is 4. The average Bonchev–Trinajstić information content (AvgIpc) is 2.54. The van der Waals surface area contributed by atoms with E-state index in [2.05, 4.69) is 81.3 Å². The molecule has 2 aromatic rings. The molecule has 1 aliphatic heterocycles. The molecule has 0 N–H and O–H groups in total. The highest BCUT2D eigenvalue weighted by Gasteiger charge is 2.42. The van der Waals surface area contributed by atoms with Gasteiger partial charge < -0.3 is 0 Å². The van der Waals surface area contributed by atoms with E-state index in [4.69, 9.17) is 4.84 Å². The van der Waals surface area contributed by atoms with Gasteiger partial charge >= 0.3 is 0 Å². The van der Waals surface area contributed by atoms with Crippen LogP contribution in [0.5, 0.6) is 0 Å². The van der Waals surface area contributed by atoms with Crippen LogP contribution < -0.4 is 0 Å². The zero-order chi connectivity index (χ0) is 17.2. The van der Waals surface area contributed by atoms with E-state index in [0.717, 1.165) is 0 Å². The molecule has 2 heteroatoms. The molecule has 1 fully saturated rings. The van der Waals surface area contributed by atoms with Crippen molar-refractivity contribution < 1.29 is 4.84 Å². The lowest BCUT2D eigenvalue weighted by Crippen LogP contribution is -2.58. The third-order valence-corrected chi connectivity index (χ3v) is 5.10. The summed E-state index contributed by atoms with van der Waals surface area (Å²) in [6.07, 6.45) is 3.64. The molecule has 1 heterocycles. The molecule has 2 aromatic carbocycles. The Bertz CT molecular complexity index is 642. The second-order valence-electron chi connectivity index (χ2n) is 8.11. The van der Waals surface area contributed by atoms with E-state index >= 15 is 0 Å². The van der Waals surface area contributed by atoms with Gasteiger partial charge in [0.2, 0.25) is 0 Å². The van der Waals surface area contributed by atoms with Crippen molar-refractivity contribution in [1.82, 2.24) is 5.06 Å². The van der Waals surface area contributed by atoms with Crippen molar-refractivity contribution in [3.05, 3.63) is 60.2 Å². The highest BCUT2D eigenvalue weighted by molar-refractivity contribution is 5.63. The SMILES string of the molecule is CC1(C)CCCC(C)(C)N1OCc1ccc(-c2ccccc2)cc1. The Morgan fingerprint density at radius 1 is 0.792 bits per heavy atom. The van der Waals surface area contributed by atoms with Gasteiger partial charge in [0.05, 0.1) is 6.61 Å². The van der Waals surface area contributed by atoms with E-state index < -0.39 is 0 Å². The molecular weight excluding hydrogens is 294 g/mol. The summed E-state index contributed by atoms with van der Waals surface area (Å²) in [6, 6.07) is 19.2. The van der Waals surface area contributed by atoms with Crippen molar-refractivity contribution >= 4 is 0 Å². The molecule has 1 aliphatic rings. The fourth-order valence-corrected chi connectivity index (χ4v) is 3.89. The number of nitrogens with zero attached hydrogens (tertiary/aromatic N) is 1. The standard InChI is InChI=1S/C22H29NO/c1-21(2)15-8-16-22(3,4)23(21)24-17-18-11-13-20(14-12-18)19-9-6-5-7-10-19/h5-7,9-14H,8,15-17H2,1-4H3. The summed E-state index contributed by atoms with van der Waals surface area (Å²) in [6.45, 7) is 9.76. The Labute approximate surface area is 146 Å². The topological polar surface area (TPSA) is 12.5 Å². The van der Waals surface area contributed by atoms with Crippen LogP contribution in [0.1, 0.15) is 52.5 Å². The van der Waals surface area contributed by atoms with Crippen LogP contribution in [-0.4, -0.2) is 16.1 Å². The average molecular weight is 323 g/mol. The maximum absolute atomic E-state index is 6.28. The van der Waals surface area contributed by atoms with Gasteiger partial charge in [-0.2, -0.15) is 5.06 Å². The molecule has 2 nitrogen and oxygen atoms in total. The molecule has 0 spiro atoms. The van der Waals surface area contributed by atoms with Gasteiger partial charge in [0.1, 0.15) is 0 Å². The van der Waals surface area contributed by atoms with E-state index in [0.29, 0.717) is 6.61 Å². The minimum Gasteiger partial charge on any atom is -0.293 e. The summed E-state index contributed by atoms with van der Waals surface area (Å²) in [4.78, 5) is 6.28. The molecule has 0 radical (unpaired) electrons. The highest BCUT2D eigenvalue weighted by Crippen LogP contribution is 2.38. The van der Waals surface area contributed by atoms with Gasteiger partial charge in [0.15, 0.2) is 0 Å². The highest BCUT2D eigenvalue weighted by atomic mass is 16.7. The van der Waals surface area contributed by atoms with E-state index in [1.165, 1.54) is 36.0 Å². The van der Waals surface area contributed by atoms with Crippen molar-refractivity contribution in [2.24, 2.45) is 0 Å². The maximum atomic E-state index is 6.28. The van der Waals surface area contributed by atoms with E-state index in [1.54, 1.807) is 0 Å². The normalized spacial score (nSPS) is 20.0. The Balaban J connectivity index is 1.68. The molecule has 0 atom stereocenters. The summed E-state index contributed by atoms with van der Waals surface area (Å²) in [5, 5.41) is 2.23. The number of benzene rings is 2. The van der Waals surface area contributed by atoms with Crippen molar-refractivity contribution in [3.63, 3.8) is 0 Å². The molecule has 0 amide bonds. The molecule has 0 bridgehead atoms. The third-order valence-electron chi connectivity index (χ3n) is 5.10. The zero-order valence-corrected chi connectivity index (χ0v) is 15.4. The van der Waals surface area contributed by atoms with Gasteiger partial charge in [-0.1, -0.05) is 54.6 Å². The third kappa shape index (κ3) is 3.71. The molecule has 3 rings (SSSR count). The fraction of sp³-hybridized carbons (Fsp3) is 0.455. The van der Waals surface area contributed by atoms with Crippen LogP contribution in [0.2, 0.25) is 0 Å². The molecule has 0 aromatic heterocycles. The Morgan fingerprint density at radius 2 is 1.33 bits per heavy atom. The molecule has 0 saturated carbocycles. The van der Waals surface area contributed by atoms with Crippen LogP contribution >= 0.6 is 0 Å². The van der Waals surface area contributed by atoms with Crippen molar-refractivity contribution in [2.75, 3.05) is 0 Å². The minimum atomic E-state index is 0.0890. The van der Waals surface area contributed by atoms with Crippen LogP contribution in [0.3, 0.4) is 0 Å². The lowest BCUT2D eigenvalue weighted by atomic mass is 9.82. The van der Waals surface area contributed by atoms with Crippen LogP contribution in [0.4, 0.5) is 0 Å². The van der Waals surface area contributed by atoms with E-state index in [-0.39, 0.29) is 11.1 Å². The molecule has 0 unspecified atom stereocenters. The van der Waals surface area contributed by atoms with Gasteiger partial charge in [0.25, 0.3) is 0 Å².